The van der Waals surface area contributed by atoms with Gasteiger partial charge < -0.3 is 4.74 Å². The number of benzene rings is 6. The highest BCUT2D eigenvalue weighted by Crippen LogP contribution is 2.37. The number of ether oxygens (including phenoxy) is 1. The summed E-state index contributed by atoms with van der Waals surface area (Å²) in [6.07, 6.45) is 7.24. The molecule has 8 rings (SSSR count). The first-order valence-corrected chi connectivity index (χ1v) is 17.2. The first-order chi connectivity index (χ1) is 25.1. The van der Waals surface area contributed by atoms with E-state index < -0.39 is 6.23 Å². The van der Waals surface area contributed by atoms with Crippen LogP contribution in [0.15, 0.2) is 175 Å². The molecule has 7 aromatic rings. The third-order valence-electron chi connectivity index (χ3n) is 9.32. The van der Waals surface area contributed by atoms with E-state index in [0.29, 0.717) is 11.4 Å². The van der Waals surface area contributed by atoms with Gasteiger partial charge in [0.05, 0.1) is 11.4 Å². The van der Waals surface area contributed by atoms with Crippen LogP contribution in [0.25, 0.3) is 66.9 Å². The Balaban J connectivity index is 1.13. The van der Waals surface area contributed by atoms with Crippen molar-refractivity contribution in [3.8, 4) is 56.2 Å². The monoisotopic (exact) mass is 660 g/mol. The molecule has 0 saturated heterocycles. The predicted octanol–water partition coefficient (Wildman–Crippen LogP) is 10.9. The van der Waals surface area contributed by atoms with Gasteiger partial charge in [0.2, 0.25) is 5.90 Å². The number of allylic oxidation sites excluding steroid dienone is 3. The van der Waals surface area contributed by atoms with Crippen LogP contribution in [0.5, 0.6) is 0 Å². The molecular weight excluding hydrogens is 625 g/mol. The van der Waals surface area contributed by atoms with Crippen molar-refractivity contribution in [2.45, 2.75) is 19.1 Å². The third kappa shape index (κ3) is 6.89. The van der Waals surface area contributed by atoms with Crippen LogP contribution in [0.2, 0.25) is 0 Å². The molecule has 0 bridgehead atoms. The second kappa shape index (κ2) is 14.2. The second-order valence-electron chi connectivity index (χ2n) is 12.7. The average molecular weight is 661 g/mol. The van der Waals surface area contributed by atoms with E-state index in [4.69, 9.17) is 25.8 Å². The Morgan fingerprint density at radius 3 is 1.67 bits per heavy atom. The quantitative estimate of drug-likeness (QED) is 0.0965. The summed E-state index contributed by atoms with van der Waals surface area (Å²) in [6.45, 7) is 0. The van der Waals surface area contributed by atoms with Crippen molar-refractivity contribution in [1.82, 2.24) is 9.97 Å². The lowest BCUT2D eigenvalue weighted by molar-refractivity contribution is 0.226. The highest BCUT2D eigenvalue weighted by Gasteiger charge is 2.16. The summed E-state index contributed by atoms with van der Waals surface area (Å²) >= 11 is 0. The minimum atomic E-state index is -0.630. The Morgan fingerprint density at radius 1 is 0.588 bits per heavy atom. The summed E-state index contributed by atoms with van der Waals surface area (Å²) in [6, 6.07) is 52.0. The minimum Gasteiger partial charge on any atom is -0.455 e. The van der Waals surface area contributed by atoms with Gasteiger partial charge in [0.15, 0.2) is 12.1 Å². The van der Waals surface area contributed by atoms with Gasteiger partial charge >= 0.3 is 0 Å². The van der Waals surface area contributed by atoms with E-state index in [1.165, 1.54) is 5.39 Å². The van der Waals surface area contributed by atoms with E-state index in [0.717, 1.165) is 74.1 Å². The van der Waals surface area contributed by atoms with Gasteiger partial charge in [-0.3, -0.25) is 11.1 Å². The van der Waals surface area contributed by atoms with E-state index in [1.807, 2.05) is 72.8 Å². The van der Waals surface area contributed by atoms with E-state index in [-0.39, 0.29) is 5.90 Å². The highest BCUT2D eigenvalue weighted by molar-refractivity contribution is 5.98. The van der Waals surface area contributed by atoms with Crippen LogP contribution in [0.4, 0.5) is 0 Å². The molecule has 5 heteroatoms. The molecule has 0 fully saturated rings. The van der Waals surface area contributed by atoms with Crippen LogP contribution >= 0.6 is 0 Å². The van der Waals surface area contributed by atoms with E-state index >= 15 is 0 Å². The molecule has 1 atom stereocenters. The van der Waals surface area contributed by atoms with Crippen molar-refractivity contribution in [1.29, 1.82) is 5.41 Å². The molecule has 0 saturated carbocycles. The average Bonchev–Trinajstić information content (AvgIpc) is 3.21. The fourth-order valence-electron chi connectivity index (χ4n) is 6.54. The number of fused-ring (bicyclic) bond motifs is 1. The first kappa shape index (κ1) is 31.8. The molecular formula is C46H36N4O. The highest BCUT2D eigenvalue weighted by atomic mass is 16.5. The number of aromatic nitrogens is 2. The Bertz CT molecular complexity index is 2340. The maximum Gasteiger partial charge on any atom is 0.215 e. The van der Waals surface area contributed by atoms with Crippen LogP contribution in [0, 0.1) is 5.41 Å². The molecule has 6 aromatic carbocycles. The molecule has 0 radical (unpaired) electrons. The van der Waals surface area contributed by atoms with Gasteiger partial charge in [-0.25, -0.2) is 9.97 Å². The summed E-state index contributed by atoms with van der Waals surface area (Å²) in [5.74, 6) is 0.759. The molecule has 1 unspecified atom stereocenters. The van der Waals surface area contributed by atoms with Crippen LogP contribution in [0.3, 0.4) is 0 Å². The fourth-order valence-corrected chi connectivity index (χ4v) is 6.54. The normalized spacial score (nSPS) is 13.1. The van der Waals surface area contributed by atoms with E-state index in [9.17, 15) is 0 Å². The van der Waals surface area contributed by atoms with Crippen molar-refractivity contribution >= 4 is 16.7 Å². The summed E-state index contributed by atoms with van der Waals surface area (Å²) in [4.78, 5) is 9.97. The van der Waals surface area contributed by atoms with Crippen molar-refractivity contribution in [2.75, 3.05) is 0 Å². The zero-order chi connectivity index (χ0) is 34.6. The minimum absolute atomic E-state index is 0.0643. The molecule has 3 N–H and O–H groups in total. The molecule has 0 spiro atoms. The summed E-state index contributed by atoms with van der Waals surface area (Å²) in [7, 11) is 0. The van der Waals surface area contributed by atoms with Crippen LogP contribution in [-0.4, -0.2) is 22.1 Å². The molecule has 1 aliphatic rings. The zero-order valence-corrected chi connectivity index (χ0v) is 28.0. The number of hydrogen-bond donors (Lipinski definition) is 2. The van der Waals surface area contributed by atoms with E-state index in [1.54, 1.807) is 0 Å². The van der Waals surface area contributed by atoms with E-state index in [2.05, 4.69) is 97.1 Å². The Kier molecular flexibility index (Phi) is 8.86. The second-order valence-corrected chi connectivity index (χ2v) is 12.7. The number of nitrogens with one attached hydrogen (secondary N) is 1. The van der Waals surface area contributed by atoms with Gasteiger partial charge in [0.1, 0.15) is 0 Å². The maximum absolute atomic E-state index is 8.60. The SMILES string of the molecule is N=C(OC(N)C1=CC=CCC1)c1ccc(-c2cc3ccccc3cc2-c2ccc(-c3cc(-c4ccccc4)nc(-c4ccccc4)n3)cc2)cc1. The number of rotatable bonds is 8. The Hall–Kier alpha value is -6.43. The van der Waals surface area contributed by atoms with Crippen LogP contribution < -0.4 is 5.73 Å². The topological polar surface area (TPSA) is 84.9 Å². The maximum atomic E-state index is 8.60. The predicted molar refractivity (Wildman–Crippen MR) is 209 cm³/mol. The lowest BCUT2D eigenvalue weighted by Crippen LogP contribution is -2.29. The molecule has 0 amide bonds. The number of nitrogens with two attached hydrogens (primary N) is 1. The fraction of sp³-hybridized carbons (Fsp3) is 0.0652. The third-order valence-corrected chi connectivity index (χ3v) is 9.32. The Morgan fingerprint density at radius 2 is 1.10 bits per heavy atom. The van der Waals surface area contributed by atoms with Gasteiger partial charge in [0.25, 0.3) is 0 Å². The first-order valence-electron chi connectivity index (χ1n) is 17.2. The molecule has 246 valence electrons. The molecule has 1 heterocycles. The van der Waals surface area contributed by atoms with Gasteiger partial charge in [-0.1, -0.05) is 140 Å². The van der Waals surface area contributed by atoms with Gasteiger partial charge in [-0.05, 0) is 81.8 Å². The molecule has 5 nitrogen and oxygen atoms in total. The molecule has 1 aliphatic carbocycles. The standard InChI is InChI=1S/C46H36N4O/c47-44(35-14-6-2-7-15-35)51-45(48)36-26-22-32(23-27-36)41-29-39-19-11-10-18-38(39)28-40(41)31-20-24-34(25-21-31)43-30-42(33-12-4-1-5-13-33)49-46(50-43)37-16-8-3-9-17-37/h1-6,8-14,16-30,44,48H,7,15,47H2. The van der Waals surface area contributed by atoms with Crippen molar-refractivity contribution < 1.29 is 4.74 Å². The van der Waals surface area contributed by atoms with Crippen LogP contribution in [-0.2, 0) is 4.74 Å². The van der Waals surface area contributed by atoms with Gasteiger partial charge in [-0.2, -0.15) is 0 Å². The zero-order valence-electron chi connectivity index (χ0n) is 28.0. The van der Waals surface area contributed by atoms with Crippen LogP contribution in [0.1, 0.15) is 18.4 Å². The van der Waals surface area contributed by atoms with Crippen molar-refractivity contribution in [2.24, 2.45) is 5.73 Å². The lowest BCUT2D eigenvalue weighted by atomic mass is 9.90. The summed E-state index contributed by atoms with van der Waals surface area (Å²) in [5.41, 5.74) is 17.1. The van der Waals surface area contributed by atoms with Gasteiger partial charge in [-0.15, -0.1) is 0 Å². The summed E-state index contributed by atoms with van der Waals surface area (Å²) < 4.78 is 5.83. The number of hydrogen-bond acceptors (Lipinski definition) is 5. The number of nitrogens with zero attached hydrogens (tertiary/aromatic N) is 2. The molecule has 1 aromatic heterocycles. The Labute approximate surface area is 298 Å². The molecule has 51 heavy (non-hydrogen) atoms. The largest absolute Gasteiger partial charge is 0.455 e. The van der Waals surface area contributed by atoms with Crippen molar-refractivity contribution in [3.63, 3.8) is 0 Å². The van der Waals surface area contributed by atoms with Crippen molar-refractivity contribution in [3.05, 3.63) is 181 Å². The smallest absolute Gasteiger partial charge is 0.215 e. The van der Waals surface area contributed by atoms with Gasteiger partial charge in [0, 0.05) is 22.3 Å². The molecule has 0 aliphatic heterocycles. The summed E-state index contributed by atoms with van der Waals surface area (Å²) in [5, 5.41) is 10.9. The lowest BCUT2D eigenvalue weighted by Gasteiger charge is -2.19.